The Morgan fingerprint density at radius 2 is 1.95 bits per heavy atom. The molecule has 42 heavy (non-hydrogen) atoms. The Balaban J connectivity index is 1.46. The lowest BCUT2D eigenvalue weighted by Crippen LogP contribution is -2.43. The van der Waals surface area contributed by atoms with E-state index in [1.54, 1.807) is 34.5 Å². The molecule has 0 radical (unpaired) electrons. The number of aryl methyl sites for hydroxylation is 1. The van der Waals surface area contributed by atoms with Gasteiger partial charge in [0, 0.05) is 30.2 Å². The number of thioether (sulfide) groups is 1. The number of hydrogen-bond acceptors (Lipinski definition) is 9. The minimum atomic E-state index is -0.590. The van der Waals surface area contributed by atoms with Crippen molar-refractivity contribution >= 4 is 35.2 Å². The molecule has 2 aliphatic rings. The average Bonchev–Trinajstić information content (AvgIpc) is 3.40. The highest BCUT2D eigenvalue weighted by Gasteiger charge is 2.35. The number of nitrogens with zero attached hydrogens (tertiary/aromatic N) is 4. The number of hydrogen-bond donors (Lipinski definition) is 2. The second-order valence-electron chi connectivity index (χ2n) is 10.1. The number of rotatable bonds is 10. The van der Waals surface area contributed by atoms with E-state index in [0.29, 0.717) is 65.9 Å². The van der Waals surface area contributed by atoms with Gasteiger partial charge < -0.3 is 29.7 Å². The molecule has 1 unspecified atom stereocenters. The number of anilines is 2. The van der Waals surface area contributed by atoms with Gasteiger partial charge in [0.25, 0.3) is 11.8 Å². The van der Waals surface area contributed by atoms with E-state index >= 15 is 0 Å². The first kappa shape index (κ1) is 29.5. The molecular formula is C30H36N6O5S. The average molecular weight is 593 g/mol. The van der Waals surface area contributed by atoms with E-state index in [0.717, 1.165) is 23.3 Å². The van der Waals surface area contributed by atoms with E-state index in [4.69, 9.17) is 19.3 Å². The van der Waals surface area contributed by atoms with Crippen LogP contribution in [0.1, 0.15) is 37.4 Å². The minimum absolute atomic E-state index is 0.110. The number of aromatic nitrogens is 3. The lowest BCUT2D eigenvalue weighted by atomic mass is 9.94. The van der Waals surface area contributed by atoms with Gasteiger partial charge in [0.05, 0.1) is 25.9 Å². The highest BCUT2D eigenvalue weighted by molar-refractivity contribution is 7.99. The number of amides is 2. The van der Waals surface area contributed by atoms with E-state index in [1.807, 2.05) is 50.2 Å². The van der Waals surface area contributed by atoms with Crippen LogP contribution >= 0.6 is 11.8 Å². The zero-order valence-corrected chi connectivity index (χ0v) is 25.1. The molecular weight excluding hydrogens is 556 g/mol. The van der Waals surface area contributed by atoms with Crippen molar-refractivity contribution in [1.82, 2.24) is 19.7 Å². The molecule has 0 bridgehead atoms. The second-order valence-corrected chi connectivity index (χ2v) is 11.2. The quantitative estimate of drug-likeness (QED) is 0.333. The Morgan fingerprint density at radius 3 is 2.69 bits per heavy atom. The maximum Gasteiger partial charge on any atom is 0.260 e. The summed E-state index contributed by atoms with van der Waals surface area (Å²) in [7, 11) is 1.55. The molecule has 11 nitrogen and oxygen atoms in total. The third-order valence-corrected chi connectivity index (χ3v) is 8.05. The predicted octanol–water partition coefficient (Wildman–Crippen LogP) is 4.26. The number of carbonyl (C=O) groups excluding carboxylic acids is 2. The molecule has 3 aromatic rings. The van der Waals surface area contributed by atoms with Gasteiger partial charge in [-0.3, -0.25) is 9.59 Å². The van der Waals surface area contributed by atoms with Gasteiger partial charge in [0.2, 0.25) is 11.1 Å². The van der Waals surface area contributed by atoms with E-state index in [2.05, 4.69) is 22.5 Å². The Morgan fingerprint density at radius 1 is 1.14 bits per heavy atom. The summed E-state index contributed by atoms with van der Waals surface area (Å²) in [5.41, 5.74) is 3.67. The number of benzene rings is 2. The summed E-state index contributed by atoms with van der Waals surface area (Å²) in [6.45, 7) is 7.97. The maximum absolute atomic E-state index is 13.8. The van der Waals surface area contributed by atoms with Crippen molar-refractivity contribution in [3.05, 3.63) is 64.9 Å². The lowest BCUT2D eigenvalue weighted by molar-refractivity contribution is -0.137. The predicted molar refractivity (Wildman–Crippen MR) is 161 cm³/mol. The van der Waals surface area contributed by atoms with Crippen LogP contribution in [0.4, 0.5) is 11.6 Å². The third-order valence-electron chi connectivity index (χ3n) is 7.01. The molecule has 2 aromatic carbocycles. The lowest BCUT2D eigenvalue weighted by Gasteiger charge is -2.29. The molecule has 12 heteroatoms. The van der Waals surface area contributed by atoms with Crippen molar-refractivity contribution in [1.29, 1.82) is 0 Å². The molecule has 1 fully saturated rings. The maximum atomic E-state index is 13.8. The molecule has 0 saturated carbocycles. The van der Waals surface area contributed by atoms with Gasteiger partial charge in [-0.2, -0.15) is 4.98 Å². The second kappa shape index (κ2) is 13.3. The zero-order valence-electron chi connectivity index (χ0n) is 24.3. The monoisotopic (exact) mass is 592 g/mol. The molecule has 2 N–H and O–H groups in total. The van der Waals surface area contributed by atoms with Crippen LogP contribution in [0.5, 0.6) is 11.5 Å². The molecule has 1 saturated heterocycles. The van der Waals surface area contributed by atoms with Crippen molar-refractivity contribution in [2.24, 2.45) is 0 Å². The van der Waals surface area contributed by atoms with Crippen LogP contribution in [0.2, 0.25) is 0 Å². The van der Waals surface area contributed by atoms with Gasteiger partial charge in [-0.05, 0) is 55.7 Å². The third kappa shape index (κ3) is 6.55. The standard InChI is InChI=1S/C30H36N6O5S/c1-5-15-42-30-33-29-31-20(3)26(28(38)32-22-8-6-7-19(2)16-22)27(36(29)34-30)21-9-10-23(24(17-21)39-4)41-18-25(37)35-11-13-40-14-12-35/h6-10,16-17,27H,5,11-15,18H2,1-4H3,(H,32,38)(H,31,33,34). The van der Waals surface area contributed by atoms with Gasteiger partial charge >= 0.3 is 0 Å². The molecule has 5 rings (SSSR count). The Bertz CT molecular complexity index is 1480. The summed E-state index contributed by atoms with van der Waals surface area (Å²) in [6, 6.07) is 12.5. The van der Waals surface area contributed by atoms with Gasteiger partial charge in [0.1, 0.15) is 6.04 Å². The largest absolute Gasteiger partial charge is 0.493 e. The number of fused-ring (bicyclic) bond motifs is 1. The van der Waals surface area contributed by atoms with E-state index in [-0.39, 0.29) is 18.4 Å². The summed E-state index contributed by atoms with van der Waals surface area (Å²) in [4.78, 5) is 32.9. The van der Waals surface area contributed by atoms with Gasteiger partial charge in [-0.25, -0.2) is 4.68 Å². The van der Waals surface area contributed by atoms with Crippen LogP contribution in [0, 0.1) is 6.92 Å². The van der Waals surface area contributed by atoms with E-state index in [9.17, 15) is 9.59 Å². The van der Waals surface area contributed by atoms with Crippen LogP contribution in [0.15, 0.2) is 58.9 Å². The number of nitrogens with one attached hydrogen (secondary N) is 2. The zero-order chi connectivity index (χ0) is 29.6. The normalized spacial score (nSPS) is 16.5. The summed E-state index contributed by atoms with van der Waals surface area (Å²) < 4.78 is 18.6. The van der Waals surface area contributed by atoms with Gasteiger partial charge in [-0.15, -0.1) is 5.10 Å². The number of methoxy groups -OCH3 is 1. The summed E-state index contributed by atoms with van der Waals surface area (Å²) in [6.07, 6.45) is 0.986. The number of morpholine rings is 1. The van der Waals surface area contributed by atoms with Crippen LogP contribution < -0.4 is 20.1 Å². The molecule has 222 valence electrons. The van der Waals surface area contributed by atoms with Crippen molar-refractivity contribution in [2.75, 3.05) is 56.4 Å². The SMILES string of the molecule is CCCSc1nc2n(n1)C(c1ccc(OCC(=O)N3CCOCC3)c(OC)c1)C(C(=O)Nc1cccc(C)c1)=C(C)N2. The van der Waals surface area contributed by atoms with E-state index in [1.165, 1.54) is 0 Å². The summed E-state index contributed by atoms with van der Waals surface area (Å²) >= 11 is 1.57. The Kier molecular flexibility index (Phi) is 9.33. The molecule has 2 amide bonds. The molecule has 2 aliphatic heterocycles. The molecule has 1 aromatic heterocycles. The first-order valence-electron chi connectivity index (χ1n) is 14.0. The highest BCUT2D eigenvalue weighted by atomic mass is 32.2. The van der Waals surface area contributed by atoms with Crippen LogP contribution in [-0.4, -0.2) is 77.3 Å². The van der Waals surface area contributed by atoms with E-state index < -0.39 is 6.04 Å². The van der Waals surface area contributed by atoms with Crippen LogP contribution in [0.3, 0.4) is 0 Å². The Hall–Kier alpha value is -4.03. The van der Waals surface area contributed by atoms with Gasteiger partial charge in [-0.1, -0.05) is 36.9 Å². The van der Waals surface area contributed by atoms with Crippen LogP contribution in [0.25, 0.3) is 0 Å². The fourth-order valence-corrected chi connectivity index (χ4v) is 5.61. The number of ether oxygens (including phenoxy) is 3. The molecule has 0 aliphatic carbocycles. The summed E-state index contributed by atoms with van der Waals surface area (Å²) in [5, 5.41) is 11.7. The van der Waals surface area contributed by atoms with Crippen LogP contribution in [-0.2, 0) is 14.3 Å². The first-order valence-corrected chi connectivity index (χ1v) is 15.0. The smallest absolute Gasteiger partial charge is 0.260 e. The molecule has 3 heterocycles. The minimum Gasteiger partial charge on any atom is -0.493 e. The highest BCUT2D eigenvalue weighted by Crippen LogP contribution is 2.40. The number of carbonyl (C=O) groups is 2. The van der Waals surface area contributed by atoms with Crippen molar-refractivity contribution in [2.45, 2.75) is 38.4 Å². The van der Waals surface area contributed by atoms with Gasteiger partial charge in [0.15, 0.2) is 18.1 Å². The van der Waals surface area contributed by atoms with Crippen molar-refractivity contribution in [3.63, 3.8) is 0 Å². The fourth-order valence-electron chi connectivity index (χ4n) is 4.93. The number of allylic oxidation sites excluding steroid dienone is 1. The topological polar surface area (TPSA) is 120 Å². The summed E-state index contributed by atoms with van der Waals surface area (Å²) in [5.74, 6) is 1.94. The molecule has 0 spiro atoms. The Labute approximate surface area is 249 Å². The van der Waals surface area contributed by atoms with Crippen molar-refractivity contribution < 1.29 is 23.8 Å². The van der Waals surface area contributed by atoms with Crippen molar-refractivity contribution in [3.8, 4) is 11.5 Å². The fraction of sp³-hybridized carbons (Fsp3) is 0.400. The first-order chi connectivity index (χ1) is 20.4. The molecule has 1 atom stereocenters.